The molecule has 1 saturated heterocycles. The Hall–Kier alpha value is -1.30. The normalized spacial score (nSPS) is 24.3. The predicted molar refractivity (Wildman–Crippen MR) is 80.2 cm³/mol. The minimum Gasteiger partial charge on any atom is -0.409 e. The van der Waals surface area contributed by atoms with Crippen molar-refractivity contribution in [2.45, 2.75) is 57.4 Å². The van der Waals surface area contributed by atoms with Gasteiger partial charge in [0.1, 0.15) is 5.41 Å². The van der Waals surface area contributed by atoms with Crippen molar-refractivity contribution >= 4 is 11.7 Å². The highest BCUT2D eigenvalue weighted by Crippen LogP contribution is 2.34. The fourth-order valence-electron chi connectivity index (χ4n) is 3.54. The molecule has 21 heavy (non-hydrogen) atoms. The number of ether oxygens (including phenoxy) is 1. The Labute approximate surface area is 126 Å². The second-order valence-corrected chi connectivity index (χ2v) is 6.24. The molecule has 2 aliphatic rings. The lowest BCUT2D eigenvalue weighted by molar-refractivity contribution is -0.143. The zero-order chi connectivity index (χ0) is 15.3. The minimum atomic E-state index is -0.895. The van der Waals surface area contributed by atoms with Crippen molar-refractivity contribution in [1.82, 2.24) is 4.90 Å². The third-order valence-electron chi connectivity index (χ3n) is 5.05. The molecule has 2 rings (SSSR count). The first-order valence-corrected chi connectivity index (χ1v) is 7.95. The van der Waals surface area contributed by atoms with E-state index < -0.39 is 5.41 Å². The molecule has 6 nitrogen and oxygen atoms in total. The molecule has 0 unspecified atom stereocenters. The summed E-state index contributed by atoms with van der Waals surface area (Å²) in [5.41, 5.74) is 4.98. The van der Waals surface area contributed by atoms with Gasteiger partial charge in [-0.25, -0.2) is 0 Å². The molecular weight excluding hydrogens is 270 g/mol. The van der Waals surface area contributed by atoms with E-state index in [1.807, 2.05) is 11.9 Å². The van der Waals surface area contributed by atoms with Gasteiger partial charge in [-0.3, -0.25) is 4.79 Å². The van der Waals surface area contributed by atoms with E-state index >= 15 is 0 Å². The lowest BCUT2D eigenvalue weighted by Crippen LogP contribution is -2.55. The number of carbonyl (C=O) groups is 1. The minimum absolute atomic E-state index is 0.0204. The molecule has 0 spiro atoms. The molecular formula is C15H27N3O3. The highest BCUT2D eigenvalue weighted by atomic mass is 16.5. The van der Waals surface area contributed by atoms with E-state index in [1.165, 1.54) is 25.7 Å². The van der Waals surface area contributed by atoms with Crippen LogP contribution in [0.25, 0.3) is 0 Å². The van der Waals surface area contributed by atoms with Crippen molar-refractivity contribution in [1.29, 1.82) is 0 Å². The van der Waals surface area contributed by atoms with E-state index in [2.05, 4.69) is 5.16 Å². The Morgan fingerprint density at radius 3 is 2.33 bits per heavy atom. The predicted octanol–water partition coefficient (Wildman–Crippen LogP) is 1.71. The first kappa shape index (κ1) is 16.1. The molecule has 2 fully saturated rings. The molecule has 1 saturated carbocycles. The van der Waals surface area contributed by atoms with Crippen molar-refractivity contribution in [3.63, 3.8) is 0 Å². The van der Waals surface area contributed by atoms with E-state index in [1.54, 1.807) is 0 Å². The average Bonchev–Trinajstić information content (AvgIpc) is 2.82. The van der Waals surface area contributed by atoms with Crippen molar-refractivity contribution in [2.75, 3.05) is 20.3 Å². The van der Waals surface area contributed by atoms with Crippen LogP contribution in [0.1, 0.15) is 51.4 Å². The standard InChI is InChI=1S/C15H27N3O3/c1-18(12-6-4-2-3-5-7-12)14(19)15(13(16)17-20)8-10-21-11-9-15/h12,20H,2-11H2,1H3,(H2,16,17). The maximum absolute atomic E-state index is 13.0. The number of amides is 1. The van der Waals surface area contributed by atoms with E-state index in [-0.39, 0.29) is 17.8 Å². The quantitative estimate of drug-likeness (QED) is 0.273. The second kappa shape index (κ2) is 7.11. The average molecular weight is 297 g/mol. The van der Waals surface area contributed by atoms with Crippen LogP contribution in [0, 0.1) is 5.41 Å². The number of hydrogen-bond acceptors (Lipinski definition) is 4. The third-order valence-corrected chi connectivity index (χ3v) is 5.05. The van der Waals surface area contributed by atoms with Crippen LogP contribution in [0.4, 0.5) is 0 Å². The van der Waals surface area contributed by atoms with Gasteiger partial charge < -0.3 is 20.6 Å². The largest absolute Gasteiger partial charge is 0.409 e. The van der Waals surface area contributed by atoms with Crippen molar-refractivity contribution in [3.05, 3.63) is 0 Å². The van der Waals surface area contributed by atoms with Crippen molar-refractivity contribution in [3.8, 4) is 0 Å². The molecule has 1 heterocycles. The molecule has 0 aromatic heterocycles. The summed E-state index contributed by atoms with van der Waals surface area (Å²) in [5.74, 6) is 0.00396. The van der Waals surface area contributed by atoms with Crippen molar-refractivity contribution < 1.29 is 14.7 Å². The number of hydrogen-bond donors (Lipinski definition) is 2. The summed E-state index contributed by atoms with van der Waals surface area (Å²) in [4.78, 5) is 14.9. The molecule has 0 radical (unpaired) electrons. The fourth-order valence-corrected chi connectivity index (χ4v) is 3.54. The molecule has 0 aromatic rings. The number of nitrogens with two attached hydrogens (primary N) is 1. The van der Waals surface area contributed by atoms with Gasteiger partial charge in [-0.05, 0) is 25.7 Å². The Balaban J connectivity index is 2.17. The van der Waals surface area contributed by atoms with Crippen LogP contribution < -0.4 is 5.73 Å². The van der Waals surface area contributed by atoms with Gasteiger partial charge in [0, 0.05) is 26.3 Å². The number of rotatable bonds is 3. The summed E-state index contributed by atoms with van der Waals surface area (Å²) >= 11 is 0. The van der Waals surface area contributed by atoms with Gasteiger partial charge in [0.15, 0.2) is 5.84 Å². The highest BCUT2D eigenvalue weighted by molar-refractivity contribution is 6.06. The zero-order valence-corrected chi connectivity index (χ0v) is 12.9. The van der Waals surface area contributed by atoms with Crippen molar-refractivity contribution in [2.24, 2.45) is 16.3 Å². The Morgan fingerprint density at radius 1 is 1.24 bits per heavy atom. The molecule has 6 heteroatoms. The molecule has 120 valence electrons. The van der Waals surface area contributed by atoms with Crippen LogP contribution in [0.3, 0.4) is 0 Å². The molecule has 1 aliphatic carbocycles. The highest BCUT2D eigenvalue weighted by Gasteiger charge is 2.47. The molecule has 0 bridgehead atoms. The van der Waals surface area contributed by atoms with Crippen LogP contribution in [-0.4, -0.2) is 48.2 Å². The van der Waals surface area contributed by atoms with Crippen LogP contribution in [0.5, 0.6) is 0 Å². The fraction of sp³-hybridized carbons (Fsp3) is 0.867. The van der Waals surface area contributed by atoms with Gasteiger partial charge in [0.05, 0.1) is 0 Å². The molecule has 0 atom stereocenters. The lowest BCUT2D eigenvalue weighted by atomic mass is 9.77. The molecule has 1 aliphatic heterocycles. The SMILES string of the molecule is CN(C(=O)C1(C(N)=NO)CCOCC1)C1CCCCCC1. The monoisotopic (exact) mass is 297 g/mol. The summed E-state index contributed by atoms with van der Waals surface area (Å²) in [5, 5.41) is 12.2. The summed E-state index contributed by atoms with van der Waals surface area (Å²) in [6, 6.07) is 0.270. The van der Waals surface area contributed by atoms with Crippen LogP contribution in [-0.2, 0) is 9.53 Å². The van der Waals surface area contributed by atoms with E-state index in [0.29, 0.717) is 26.1 Å². The number of amidine groups is 1. The first-order chi connectivity index (χ1) is 10.1. The van der Waals surface area contributed by atoms with Gasteiger partial charge >= 0.3 is 0 Å². The van der Waals surface area contributed by atoms with Crippen LogP contribution in [0.15, 0.2) is 5.16 Å². The van der Waals surface area contributed by atoms with Gasteiger partial charge in [-0.15, -0.1) is 0 Å². The summed E-state index contributed by atoms with van der Waals surface area (Å²) in [6.45, 7) is 0.945. The molecule has 0 aromatic carbocycles. The maximum atomic E-state index is 13.0. The summed E-state index contributed by atoms with van der Waals surface area (Å²) in [6.07, 6.45) is 7.90. The summed E-state index contributed by atoms with van der Waals surface area (Å²) < 4.78 is 5.35. The molecule has 1 amide bonds. The van der Waals surface area contributed by atoms with Crippen LogP contribution >= 0.6 is 0 Å². The lowest BCUT2D eigenvalue weighted by Gasteiger charge is -2.40. The van der Waals surface area contributed by atoms with Gasteiger partial charge in [-0.1, -0.05) is 30.8 Å². The Kier molecular flexibility index (Phi) is 5.45. The van der Waals surface area contributed by atoms with E-state index in [0.717, 1.165) is 12.8 Å². The van der Waals surface area contributed by atoms with Gasteiger partial charge in [-0.2, -0.15) is 0 Å². The topological polar surface area (TPSA) is 88.2 Å². The van der Waals surface area contributed by atoms with Gasteiger partial charge in [0.2, 0.25) is 5.91 Å². The number of nitrogens with zero attached hydrogens (tertiary/aromatic N) is 2. The number of oxime groups is 1. The van der Waals surface area contributed by atoms with Gasteiger partial charge in [0.25, 0.3) is 0 Å². The smallest absolute Gasteiger partial charge is 0.236 e. The zero-order valence-electron chi connectivity index (χ0n) is 12.9. The van der Waals surface area contributed by atoms with E-state index in [9.17, 15) is 4.79 Å². The Morgan fingerprint density at radius 2 is 1.81 bits per heavy atom. The maximum Gasteiger partial charge on any atom is 0.236 e. The van der Waals surface area contributed by atoms with E-state index in [4.69, 9.17) is 15.7 Å². The molecule has 3 N–H and O–H groups in total. The summed E-state index contributed by atoms with van der Waals surface area (Å²) in [7, 11) is 1.86. The number of carbonyl (C=O) groups excluding carboxylic acids is 1. The Bertz CT molecular complexity index is 384. The second-order valence-electron chi connectivity index (χ2n) is 6.24. The first-order valence-electron chi connectivity index (χ1n) is 7.95. The third kappa shape index (κ3) is 3.31. The van der Waals surface area contributed by atoms with Crippen LogP contribution in [0.2, 0.25) is 0 Å².